The Morgan fingerprint density at radius 1 is 0.374 bits per heavy atom. The first kappa shape index (κ1) is 55.8. The molecule has 0 saturated carbocycles. The van der Waals surface area contributed by atoms with Gasteiger partial charge in [0.05, 0.1) is 33.3 Å². The lowest BCUT2D eigenvalue weighted by Crippen LogP contribution is -2.44. The summed E-state index contributed by atoms with van der Waals surface area (Å²) in [4.78, 5) is 35.3. The Morgan fingerprint density at radius 2 is 0.868 bits per heavy atom. The summed E-state index contributed by atoms with van der Waals surface area (Å²) in [6.45, 7) is 11.3. The molecule has 0 spiro atoms. The van der Waals surface area contributed by atoms with E-state index in [2.05, 4.69) is 159 Å². The van der Waals surface area contributed by atoms with Gasteiger partial charge in [0.2, 0.25) is 5.78 Å². The van der Waals surface area contributed by atoms with Crippen molar-refractivity contribution in [3.05, 3.63) is 265 Å². The van der Waals surface area contributed by atoms with Crippen molar-refractivity contribution in [1.82, 2.24) is 43.9 Å². The molecular formula is C79H64BN9O2. The number of rotatable bonds is 14. The Kier molecular flexibility index (Phi) is 13.6. The van der Waals surface area contributed by atoms with Crippen LogP contribution in [0, 0.1) is 0 Å². The van der Waals surface area contributed by atoms with Crippen LogP contribution in [0.3, 0.4) is 0 Å². The normalized spacial score (nSPS) is 15.6. The summed E-state index contributed by atoms with van der Waals surface area (Å²) in [5, 5.41) is 0. The smallest absolute Gasteiger partial charge is 0.399 e. The van der Waals surface area contributed by atoms with E-state index in [1.807, 2.05) is 133 Å². The molecule has 1 aliphatic heterocycles. The Bertz CT molecular complexity index is 4990. The molecule has 11 nitrogen and oxygen atoms in total. The second kappa shape index (κ2) is 22.2. The van der Waals surface area contributed by atoms with Gasteiger partial charge in [0.1, 0.15) is 0 Å². The molecule has 0 amide bonds. The van der Waals surface area contributed by atoms with Gasteiger partial charge in [-0.2, -0.15) is 0 Å². The van der Waals surface area contributed by atoms with E-state index in [9.17, 15) is 0 Å². The quantitative estimate of drug-likeness (QED) is 0.0775. The standard InChI is InChI=1S/C79H64BN9O2/c1-77(2)64-43-42-51(25-20-21-44-79(5)78(3,4)90-80(91-79)60-38-23-37-59(47-60)75-86-72(54-30-14-8-15-31-54)83-73(87-75)55-32-16-9-17-33-55)45-62(64)63-49-68-69(50-65(63)77)88(76-81-66-40-18-19-41-67(66)89(68)76)61-39-24-35-57(48-61)56-34-22-36-58(46-56)74-84-70(52-26-10-6-11-27-52)82-71(85-74)53-28-12-7-13-29-53/h6-19,22-24,26-43,45-50H,20-21,25,44H2,1-5H3. The minimum atomic E-state index is -0.554. The van der Waals surface area contributed by atoms with Crippen LogP contribution in [0.2, 0.25) is 0 Å². The van der Waals surface area contributed by atoms with Crippen LogP contribution in [-0.4, -0.2) is 62.2 Å². The molecule has 10 aromatic carbocycles. The van der Waals surface area contributed by atoms with Crippen LogP contribution in [0.5, 0.6) is 0 Å². The number of imidazole rings is 2. The van der Waals surface area contributed by atoms with Crippen molar-refractivity contribution in [2.24, 2.45) is 0 Å². The summed E-state index contributed by atoms with van der Waals surface area (Å²) >= 11 is 0. The van der Waals surface area contributed by atoms with Crippen LogP contribution in [0.25, 0.3) is 124 Å². The zero-order valence-electron chi connectivity index (χ0n) is 51.4. The number of benzene rings is 10. The molecule has 12 heteroatoms. The largest absolute Gasteiger partial charge is 0.494 e. The number of unbranched alkanes of at least 4 members (excludes halogenated alkanes) is 1. The van der Waals surface area contributed by atoms with Gasteiger partial charge in [0.15, 0.2) is 34.9 Å². The van der Waals surface area contributed by atoms with Gasteiger partial charge >= 0.3 is 7.12 Å². The van der Waals surface area contributed by atoms with Crippen LogP contribution >= 0.6 is 0 Å². The first-order valence-corrected chi connectivity index (χ1v) is 31.4. The Balaban J connectivity index is 0.670. The predicted molar refractivity (Wildman–Crippen MR) is 366 cm³/mol. The van der Waals surface area contributed by atoms with Crippen LogP contribution in [0.4, 0.5) is 0 Å². The Labute approximate surface area is 529 Å². The highest BCUT2D eigenvalue weighted by Gasteiger charge is 2.54. The lowest BCUT2D eigenvalue weighted by Gasteiger charge is -2.36. The number of hydrogen-bond donors (Lipinski definition) is 0. The first-order chi connectivity index (χ1) is 44.4. The highest BCUT2D eigenvalue weighted by Crippen LogP contribution is 2.51. The Hall–Kier alpha value is -10.5. The van der Waals surface area contributed by atoms with Crippen LogP contribution in [0.15, 0.2) is 249 Å². The van der Waals surface area contributed by atoms with Gasteiger partial charge in [-0.25, -0.2) is 34.9 Å². The first-order valence-electron chi connectivity index (χ1n) is 31.4. The van der Waals surface area contributed by atoms with E-state index >= 15 is 0 Å². The fourth-order valence-electron chi connectivity index (χ4n) is 13.5. The van der Waals surface area contributed by atoms with Crippen molar-refractivity contribution in [3.8, 4) is 96.3 Å². The monoisotopic (exact) mass is 1180 g/mol. The molecule has 1 saturated heterocycles. The van der Waals surface area contributed by atoms with Crippen molar-refractivity contribution in [2.45, 2.75) is 76.9 Å². The molecule has 0 N–H and O–H groups in total. The SMILES string of the molecule is CC1(C)c2ccc(CCCCC3(C)OB(c4cccc(-c5nc(-c6ccccc6)nc(-c6ccccc6)n5)c4)OC3(C)C)cc2-c2cc3c(cc21)n(-c1cccc(-c2cccc(-c4nc(-c5ccccc5)nc(-c5ccccc5)n4)c2)c1)c1nc2ccccc2n31. The van der Waals surface area contributed by atoms with Gasteiger partial charge in [-0.1, -0.05) is 227 Å². The van der Waals surface area contributed by atoms with E-state index < -0.39 is 18.3 Å². The molecule has 4 aromatic heterocycles. The maximum Gasteiger partial charge on any atom is 0.494 e. The fraction of sp³-hybridized carbons (Fsp3) is 0.152. The molecule has 16 rings (SSSR count). The van der Waals surface area contributed by atoms with Crippen molar-refractivity contribution in [2.75, 3.05) is 0 Å². The molecular weight excluding hydrogens is 1120 g/mol. The molecule has 440 valence electrons. The predicted octanol–water partition coefficient (Wildman–Crippen LogP) is 17.5. The minimum absolute atomic E-state index is 0.244. The van der Waals surface area contributed by atoms with Gasteiger partial charge in [-0.3, -0.25) is 8.97 Å². The number of para-hydroxylation sites is 2. The van der Waals surface area contributed by atoms with Gasteiger partial charge in [-0.05, 0) is 127 Å². The van der Waals surface area contributed by atoms with E-state index in [1.165, 1.54) is 27.8 Å². The summed E-state index contributed by atoms with van der Waals surface area (Å²) in [7, 11) is -0.554. The fourth-order valence-corrected chi connectivity index (χ4v) is 13.5. The summed E-state index contributed by atoms with van der Waals surface area (Å²) in [6, 6.07) is 86.4. The second-order valence-electron chi connectivity index (χ2n) is 25.3. The highest BCUT2D eigenvalue weighted by molar-refractivity contribution is 6.62. The summed E-state index contributed by atoms with van der Waals surface area (Å²) < 4.78 is 18.5. The van der Waals surface area contributed by atoms with Crippen LogP contribution < -0.4 is 5.46 Å². The van der Waals surface area contributed by atoms with Crippen molar-refractivity contribution in [1.29, 1.82) is 0 Å². The van der Waals surface area contributed by atoms with E-state index in [1.54, 1.807) is 0 Å². The molecule has 14 aromatic rings. The van der Waals surface area contributed by atoms with Gasteiger partial charge < -0.3 is 9.31 Å². The van der Waals surface area contributed by atoms with Crippen molar-refractivity contribution < 1.29 is 9.31 Å². The topological polar surface area (TPSA) is 118 Å². The number of aryl methyl sites for hydroxylation is 1. The maximum absolute atomic E-state index is 7.00. The minimum Gasteiger partial charge on any atom is -0.399 e. The average Bonchev–Trinajstić information content (AvgIpc) is 1.54. The lowest BCUT2D eigenvalue weighted by molar-refractivity contribution is -0.0171. The molecule has 2 aliphatic rings. The van der Waals surface area contributed by atoms with E-state index in [4.69, 9.17) is 44.2 Å². The maximum atomic E-state index is 7.00. The van der Waals surface area contributed by atoms with Crippen molar-refractivity contribution >= 4 is 40.4 Å². The summed E-state index contributed by atoms with van der Waals surface area (Å²) in [6.07, 6.45) is 3.77. The molecule has 1 unspecified atom stereocenters. The average molecular weight is 1180 g/mol. The van der Waals surface area contributed by atoms with Crippen LogP contribution in [0.1, 0.15) is 70.6 Å². The van der Waals surface area contributed by atoms with Gasteiger partial charge in [0, 0.05) is 44.5 Å². The molecule has 1 atom stereocenters. The number of nitrogens with zero attached hydrogens (tertiary/aromatic N) is 9. The van der Waals surface area contributed by atoms with E-state index in [-0.39, 0.29) is 5.41 Å². The summed E-state index contributed by atoms with van der Waals surface area (Å²) in [5.41, 5.74) is 19.0. The molecule has 91 heavy (non-hydrogen) atoms. The third-order valence-corrected chi connectivity index (χ3v) is 18.8. The number of fused-ring (bicyclic) bond motifs is 8. The number of aromatic nitrogens is 9. The van der Waals surface area contributed by atoms with Gasteiger partial charge in [0.25, 0.3) is 0 Å². The van der Waals surface area contributed by atoms with E-state index in [0.717, 1.165) is 109 Å². The second-order valence-corrected chi connectivity index (χ2v) is 25.3. The van der Waals surface area contributed by atoms with Crippen molar-refractivity contribution in [3.63, 3.8) is 0 Å². The molecule has 0 bridgehead atoms. The van der Waals surface area contributed by atoms with E-state index in [0.29, 0.717) is 34.9 Å². The lowest BCUT2D eigenvalue weighted by atomic mass is 9.78. The van der Waals surface area contributed by atoms with Crippen LogP contribution in [-0.2, 0) is 21.1 Å². The zero-order chi connectivity index (χ0) is 61.4. The third-order valence-electron chi connectivity index (χ3n) is 18.8. The van der Waals surface area contributed by atoms with Gasteiger partial charge in [-0.15, -0.1) is 0 Å². The zero-order valence-corrected chi connectivity index (χ0v) is 51.4. The summed E-state index contributed by atoms with van der Waals surface area (Å²) in [5.74, 6) is 4.58. The molecule has 1 fully saturated rings. The molecule has 1 aliphatic carbocycles. The third kappa shape index (κ3) is 9.99. The Morgan fingerprint density at radius 3 is 1.47 bits per heavy atom. The number of hydrogen-bond acceptors (Lipinski definition) is 9. The highest BCUT2D eigenvalue weighted by atomic mass is 16.7. The molecule has 0 radical (unpaired) electrons. The molecule has 5 heterocycles.